The summed E-state index contributed by atoms with van der Waals surface area (Å²) in [5.41, 5.74) is 1.50. The highest BCUT2D eigenvalue weighted by molar-refractivity contribution is 6.40. The van der Waals surface area contributed by atoms with Gasteiger partial charge in [0.05, 0.1) is 6.04 Å². The largest absolute Gasteiger partial charge is 0.479 e. The van der Waals surface area contributed by atoms with E-state index in [9.17, 15) is 41.5 Å². The maximum absolute atomic E-state index is 14.1. The third-order valence-electron chi connectivity index (χ3n) is 7.70. The zero-order valence-corrected chi connectivity index (χ0v) is 24.8. The molecular formula is C31H34F4N4O6. The van der Waals surface area contributed by atoms with E-state index in [1.54, 1.807) is 26.0 Å². The molecule has 2 aliphatic heterocycles. The number of ether oxygens (including phenoxy) is 1. The zero-order chi connectivity index (χ0) is 32.8. The molecule has 0 bridgehead atoms. The molecule has 0 radical (unpaired) electrons. The second kappa shape index (κ2) is 14.5. The van der Waals surface area contributed by atoms with Crippen molar-refractivity contribution in [3.8, 4) is 5.75 Å². The maximum atomic E-state index is 14.1. The van der Waals surface area contributed by atoms with Crippen LogP contribution in [0.25, 0.3) is 0 Å². The minimum absolute atomic E-state index is 0.0149. The lowest BCUT2D eigenvalue weighted by Crippen LogP contribution is -2.56. The van der Waals surface area contributed by atoms with Crippen LogP contribution in [0.4, 0.5) is 23.2 Å². The van der Waals surface area contributed by atoms with Crippen LogP contribution in [0.5, 0.6) is 5.75 Å². The number of hydrogen-bond acceptors (Lipinski definition) is 6. The number of nitrogens with zero attached hydrogens (tertiary/aromatic N) is 1. The zero-order valence-electron chi connectivity index (χ0n) is 24.8. The number of rotatable bonds is 11. The smallest absolute Gasteiger partial charge is 0.316 e. The van der Waals surface area contributed by atoms with Gasteiger partial charge in [-0.3, -0.25) is 24.0 Å². The van der Waals surface area contributed by atoms with Gasteiger partial charge in [0.25, 0.3) is 0 Å². The van der Waals surface area contributed by atoms with Gasteiger partial charge in [0.15, 0.2) is 23.2 Å². The Labute approximate surface area is 256 Å². The molecule has 0 aromatic heterocycles. The molecule has 4 amide bonds. The lowest BCUT2D eigenvalue weighted by Gasteiger charge is -2.30. The minimum Gasteiger partial charge on any atom is -0.479 e. The lowest BCUT2D eigenvalue weighted by molar-refractivity contribution is -0.140. The highest BCUT2D eigenvalue weighted by Crippen LogP contribution is 2.28. The lowest BCUT2D eigenvalue weighted by atomic mass is 9.95. The standard InChI is InChI=1S/C31H34F4N4O6/c1-16(2)12-22(38-30(43)31(44)39-11-5-7-17-6-3-4-8-23(17)39)29(42)37-21(13-18-9-10-36-28(18)41)24(40)15-45-27-25(34)19(32)14-20(33)26(27)35/h3-4,6,8,14,16,18,21-22H,5,7,9-13,15H2,1-2H3,(H,36,41)(H,37,42)(H,38,43)/t18-,21-,22-/m0/s1. The normalized spacial score (nSPS) is 17.3. The van der Waals surface area contributed by atoms with E-state index in [0.29, 0.717) is 31.6 Å². The van der Waals surface area contributed by atoms with Gasteiger partial charge in [-0.15, -0.1) is 0 Å². The van der Waals surface area contributed by atoms with Gasteiger partial charge in [-0.1, -0.05) is 32.0 Å². The van der Waals surface area contributed by atoms with Gasteiger partial charge in [-0.05, 0) is 49.7 Å². The molecule has 2 heterocycles. The summed E-state index contributed by atoms with van der Waals surface area (Å²) in [6.07, 6.45) is 1.56. The molecule has 14 heteroatoms. The second-order valence-corrected chi connectivity index (χ2v) is 11.5. The summed E-state index contributed by atoms with van der Waals surface area (Å²) in [5, 5.41) is 7.54. The number of carbonyl (C=O) groups is 5. The van der Waals surface area contributed by atoms with Gasteiger partial charge >= 0.3 is 11.8 Å². The highest BCUT2D eigenvalue weighted by atomic mass is 19.2. The molecule has 10 nitrogen and oxygen atoms in total. The van der Waals surface area contributed by atoms with Crippen LogP contribution in [0.2, 0.25) is 0 Å². The van der Waals surface area contributed by atoms with E-state index < -0.39 is 77.1 Å². The summed E-state index contributed by atoms with van der Waals surface area (Å²) in [5.74, 6) is -13.6. The predicted octanol–water partition coefficient (Wildman–Crippen LogP) is 2.71. The second-order valence-electron chi connectivity index (χ2n) is 11.5. The first-order valence-corrected chi connectivity index (χ1v) is 14.6. The molecule has 0 unspecified atom stereocenters. The van der Waals surface area contributed by atoms with E-state index >= 15 is 0 Å². The molecule has 3 atom stereocenters. The molecule has 45 heavy (non-hydrogen) atoms. The van der Waals surface area contributed by atoms with Crippen molar-refractivity contribution in [2.24, 2.45) is 11.8 Å². The molecule has 242 valence electrons. The van der Waals surface area contributed by atoms with Gasteiger partial charge in [-0.2, -0.15) is 8.78 Å². The molecule has 0 aliphatic carbocycles. The summed E-state index contributed by atoms with van der Waals surface area (Å²) >= 11 is 0. The number of nitrogens with one attached hydrogen (secondary N) is 3. The molecule has 2 aromatic carbocycles. The van der Waals surface area contributed by atoms with E-state index in [4.69, 9.17) is 4.74 Å². The maximum Gasteiger partial charge on any atom is 0.316 e. The fraction of sp³-hybridized carbons (Fsp3) is 0.452. The van der Waals surface area contributed by atoms with Crippen molar-refractivity contribution >= 4 is 35.1 Å². The molecule has 1 fully saturated rings. The molecule has 0 saturated carbocycles. The van der Waals surface area contributed by atoms with Crippen LogP contribution in [0.15, 0.2) is 30.3 Å². The summed E-state index contributed by atoms with van der Waals surface area (Å²) in [4.78, 5) is 66.6. The average Bonchev–Trinajstić information content (AvgIpc) is 3.42. The molecule has 1 saturated heterocycles. The van der Waals surface area contributed by atoms with Gasteiger partial charge in [0, 0.05) is 30.8 Å². The number of amides is 4. The van der Waals surface area contributed by atoms with E-state index in [1.807, 2.05) is 12.1 Å². The number of anilines is 1. The fourth-order valence-electron chi connectivity index (χ4n) is 5.41. The third-order valence-corrected chi connectivity index (χ3v) is 7.70. The first-order valence-electron chi connectivity index (χ1n) is 14.6. The molecule has 3 N–H and O–H groups in total. The fourth-order valence-corrected chi connectivity index (χ4v) is 5.41. The van der Waals surface area contributed by atoms with Crippen LogP contribution < -0.4 is 25.6 Å². The Morgan fingerprint density at radius 1 is 1.02 bits per heavy atom. The van der Waals surface area contributed by atoms with Gasteiger partial charge < -0.3 is 25.6 Å². The number of Topliss-reactive ketones (excluding diaryl/α,β-unsaturated/α-hetero) is 1. The summed E-state index contributed by atoms with van der Waals surface area (Å²) in [6, 6.07) is 4.42. The minimum atomic E-state index is -1.85. The topological polar surface area (TPSA) is 134 Å². The Kier molecular flexibility index (Phi) is 10.8. The summed E-state index contributed by atoms with van der Waals surface area (Å²) < 4.78 is 60.3. The number of aryl methyl sites for hydroxylation is 1. The Balaban J connectivity index is 1.50. The van der Waals surface area contributed by atoms with Crippen molar-refractivity contribution in [1.82, 2.24) is 16.0 Å². The van der Waals surface area contributed by atoms with E-state index in [2.05, 4.69) is 16.0 Å². The van der Waals surface area contributed by atoms with Crippen LogP contribution in [-0.2, 0) is 30.4 Å². The first-order chi connectivity index (χ1) is 21.4. The summed E-state index contributed by atoms with van der Waals surface area (Å²) in [6.45, 7) is 3.07. The van der Waals surface area contributed by atoms with Gasteiger partial charge in [0.1, 0.15) is 12.6 Å². The molecule has 0 spiro atoms. The molecule has 2 aliphatic rings. The molecular weight excluding hydrogens is 600 g/mol. The molecule has 2 aromatic rings. The van der Waals surface area contributed by atoms with Crippen molar-refractivity contribution in [3.05, 3.63) is 59.2 Å². The number of ketones is 1. The Bertz CT molecular complexity index is 1460. The van der Waals surface area contributed by atoms with Crippen LogP contribution in [0, 0.1) is 35.1 Å². The van der Waals surface area contributed by atoms with Crippen LogP contribution >= 0.6 is 0 Å². The van der Waals surface area contributed by atoms with E-state index in [1.165, 1.54) is 4.90 Å². The first kappa shape index (κ1) is 33.4. The third kappa shape index (κ3) is 7.97. The number of benzene rings is 2. The van der Waals surface area contributed by atoms with E-state index in [0.717, 1.165) is 12.0 Å². The van der Waals surface area contributed by atoms with Crippen LogP contribution in [0.3, 0.4) is 0 Å². The quantitative estimate of drug-likeness (QED) is 0.198. The number of para-hydroxylation sites is 1. The SMILES string of the molecule is CC(C)C[C@H](NC(=O)C(=O)N1CCCc2ccccc21)C(=O)N[C@@H](C[C@@H]1CCNC1=O)C(=O)COc1c(F)c(F)cc(F)c1F. The molecule has 4 rings (SSSR count). The number of fused-ring (bicyclic) bond motifs is 1. The van der Waals surface area contributed by atoms with Crippen LogP contribution in [0.1, 0.15) is 45.1 Å². The number of carbonyl (C=O) groups excluding carboxylic acids is 5. The Hall–Kier alpha value is -4.49. The van der Waals surface area contributed by atoms with E-state index in [-0.39, 0.29) is 30.7 Å². The monoisotopic (exact) mass is 634 g/mol. The summed E-state index contributed by atoms with van der Waals surface area (Å²) in [7, 11) is 0. The van der Waals surface area contributed by atoms with Crippen molar-refractivity contribution in [3.63, 3.8) is 0 Å². The van der Waals surface area contributed by atoms with Crippen molar-refractivity contribution in [1.29, 1.82) is 0 Å². The number of halogens is 4. The Morgan fingerprint density at radius 2 is 1.71 bits per heavy atom. The van der Waals surface area contributed by atoms with Crippen molar-refractivity contribution in [2.75, 3.05) is 24.6 Å². The van der Waals surface area contributed by atoms with Crippen LogP contribution in [-0.4, -0.2) is 61.2 Å². The van der Waals surface area contributed by atoms with Crippen molar-refractivity contribution in [2.45, 2.75) is 58.0 Å². The predicted molar refractivity (Wildman–Crippen MR) is 153 cm³/mol. The van der Waals surface area contributed by atoms with Gasteiger partial charge in [-0.25, -0.2) is 8.78 Å². The average molecular weight is 635 g/mol. The number of hydrogen-bond donors (Lipinski definition) is 3. The van der Waals surface area contributed by atoms with Gasteiger partial charge in [0.2, 0.25) is 23.4 Å². The Morgan fingerprint density at radius 3 is 2.36 bits per heavy atom. The highest BCUT2D eigenvalue weighted by Gasteiger charge is 2.35. The van der Waals surface area contributed by atoms with Crippen molar-refractivity contribution < 1.29 is 46.3 Å².